The fraction of sp³-hybridized carbons (Fsp3) is 0.105. The van der Waals surface area contributed by atoms with E-state index in [0.29, 0.717) is 11.6 Å². The molecule has 130 valence electrons. The molecule has 0 atom stereocenters. The number of H-pyrrole nitrogens is 1. The van der Waals surface area contributed by atoms with Gasteiger partial charge in [-0.05, 0) is 24.6 Å². The molecule has 0 bridgehead atoms. The second-order valence-electron chi connectivity index (χ2n) is 5.96. The second-order valence-corrected chi connectivity index (χ2v) is 5.96. The van der Waals surface area contributed by atoms with Crippen LogP contribution in [-0.4, -0.2) is 25.9 Å². The minimum absolute atomic E-state index is 0.212. The minimum atomic E-state index is -0.358. The van der Waals surface area contributed by atoms with Crippen LogP contribution in [0.25, 0.3) is 22.5 Å². The number of aromatic nitrogens is 4. The van der Waals surface area contributed by atoms with Gasteiger partial charge in [-0.15, -0.1) is 0 Å². The summed E-state index contributed by atoms with van der Waals surface area (Å²) in [5.41, 5.74) is 3.52. The number of rotatable bonds is 4. The number of carbonyl (C=O) groups is 1. The largest absolute Gasteiger partial charge is 0.451 e. The monoisotopic (exact) mass is 347 g/mol. The molecule has 1 aromatic carbocycles. The van der Waals surface area contributed by atoms with E-state index in [1.54, 1.807) is 23.0 Å². The van der Waals surface area contributed by atoms with E-state index >= 15 is 0 Å². The molecule has 0 radical (unpaired) electrons. The molecule has 0 aliphatic heterocycles. The summed E-state index contributed by atoms with van der Waals surface area (Å²) in [6.45, 7) is 1.92. The van der Waals surface area contributed by atoms with Gasteiger partial charge < -0.3 is 9.73 Å². The first-order valence-electron chi connectivity index (χ1n) is 8.12. The highest BCUT2D eigenvalue weighted by molar-refractivity contribution is 6.04. The first-order valence-corrected chi connectivity index (χ1v) is 8.12. The summed E-state index contributed by atoms with van der Waals surface area (Å²) >= 11 is 0. The number of anilines is 1. The maximum atomic E-state index is 12.6. The molecule has 4 aromatic rings. The number of furan rings is 1. The van der Waals surface area contributed by atoms with E-state index in [0.717, 1.165) is 22.4 Å². The number of hydrogen-bond donors (Lipinski definition) is 2. The van der Waals surface area contributed by atoms with Crippen molar-refractivity contribution in [3.8, 4) is 22.5 Å². The average Bonchev–Trinajstić information content (AvgIpc) is 3.36. The fourth-order valence-electron chi connectivity index (χ4n) is 2.81. The average molecular weight is 347 g/mol. The summed E-state index contributed by atoms with van der Waals surface area (Å²) in [5.74, 6) is 0.912. The molecule has 3 heterocycles. The third kappa shape index (κ3) is 2.90. The molecule has 2 N–H and O–H groups in total. The summed E-state index contributed by atoms with van der Waals surface area (Å²) in [6, 6.07) is 13.2. The zero-order valence-corrected chi connectivity index (χ0v) is 14.4. The van der Waals surface area contributed by atoms with Gasteiger partial charge in [0.1, 0.15) is 5.76 Å². The Balaban J connectivity index is 1.59. The van der Waals surface area contributed by atoms with Crippen LogP contribution in [0.2, 0.25) is 0 Å². The number of nitrogens with zero attached hydrogens (tertiary/aromatic N) is 3. The summed E-state index contributed by atoms with van der Waals surface area (Å²) in [6.07, 6.45) is 3.51. The standard InChI is InChI=1S/C19H17N5O2/c1-12-17(13-6-4-3-5-7-13)18(23-22-12)21-19(25)16-9-8-15(26-16)14-10-20-24(2)11-14/h3-11H,1-2H3,(H2,21,22,23,25). The van der Waals surface area contributed by atoms with Crippen molar-refractivity contribution in [3.05, 3.63) is 66.3 Å². The molecule has 1 amide bonds. The summed E-state index contributed by atoms with van der Waals surface area (Å²) in [4.78, 5) is 12.6. The van der Waals surface area contributed by atoms with E-state index in [9.17, 15) is 4.79 Å². The molecular weight excluding hydrogens is 330 g/mol. The summed E-state index contributed by atoms with van der Waals surface area (Å²) in [5, 5.41) is 14.1. The molecule has 3 aromatic heterocycles. The zero-order chi connectivity index (χ0) is 18.1. The SMILES string of the molecule is Cc1[nH]nc(NC(=O)c2ccc(-c3cnn(C)c3)o2)c1-c1ccccc1. The van der Waals surface area contributed by atoms with Gasteiger partial charge in [-0.1, -0.05) is 30.3 Å². The van der Waals surface area contributed by atoms with Crippen LogP contribution in [0.4, 0.5) is 5.82 Å². The highest BCUT2D eigenvalue weighted by atomic mass is 16.4. The fourth-order valence-corrected chi connectivity index (χ4v) is 2.81. The second kappa shape index (κ2) is 6.36. The highest BCUT2D eigenvalue weighted by Gasteiger charge is 2.18. The number of carbonyl (C=O) groups excluding carboxylic acids is 1. The Morgan fingerprint density at radius 2 is 1.96 bits per heavy atom. The number of aryl methyl sites for hydroxylation is 2. The summed E-state index contributed by atoms with van der Waals surface area (Å²) < 4.78 is 7.34. The maximum Gasteiger partial charge on any atom is 0.292 e. The Bertz CT molecular complexity index is 1060. The molecule has 0 fully saturated rings. The van der Waals surface area contributed by atoms with E-state index in [-0.39, 0.29) is 11.7 Å². The van der Waals surface area contributed by atoms with Crippen LogP contribution in [0.15, 0.2) is 59.3 Å². The molecule has 7 heteroatoms. The molecule has 0 aliphatic carbocycles. The molecule has 26 heavy (non-hydrogen) atoms. The lowest BCUT2D eigenvalue weighted by molar-refractivity contribution is 0.0997. The highest BCUT2D eigenvalue weighted by Crippen LogP contribution is 2.30. The number of benzene rings is 1. The Labute approximate surface area is 149 Å². The lowest BCUT2D eigenvalue weighted by Gasteiger charge is -2.05. The van der Waals surface area contributed by atoms with Gasteiger partial charge in [0.25, 0.3) is 5.91 Å². The van der Waals surface area contributed by atoms with E-state index in [2.05, 4.69) is 20.6 Å². The van der Waals surface area contributed by atoms with Crippen molar-refractivity contribution >= 4 is 11.7 Å². The molecule has 0 unspecified atom stereocenters. The van der Waals surface area contributed by atoms with E-state index in [4.69, 9.17) is 4.42 Å². The van der Waals surface area contributed by atoms with Crippen LogP contribution in [0, 0.1) is 6.92 Å². The van der Waals surface area contributed by atoms with Crippen molar-refractivity contribution in [2.24, 2.45) is 7.05 Å². The summed E-state index contributed by atoms with van der Waals surface area (Å²) in [7, 11) is 1.82. The van der Waals surface area contributed by atoms with Gasteiger partial charge in [0.2, 0.25) is 0 Å². The molecule has 0 spiro atoms. The zero-order valence-electron chi connectivity index (χ0n) is 14.4. The quantitative estimate of drug-likeness (QED) is 0.590. The molecule has 0 saturated heterocycles. The van der Waals surface area contributed by atoms with Gasteiger partial charge in [-0.2, -0.15) is 10.2 Å². The van der Waals surface area contributed by atoms with E-state index in [1.165, 1.54) is 0 Å². The van der Waals surface area contributed by atoms with Gasteiger partial charge in [0, 0.05) is 24.5 Å². The first-order chi connectivity index (χ1) is 12.6. The third-order valence-electron chi connectivity index (χ3n) is 4.06. The van der Waals surface area contributed by atoms with Crippen molar-refractivity contribution in [2.45, 2.75) is 6.92 Å². The lowest BCUT2D eigenvalue weighted by Crippen LogP contribution is -2.12. The van der Waals surface area contributed by atoms with Crippen LogP contribution in [0.5, 0.6) is 0 Å². The normalized spacial score (nSPS) is 10.8. The van der Waals surface area contributed by atoms with Crippen molar-refractivity contribution in [3.63, 3.8) is 0 Å². The van der Waals surface area contributed by atoms with E-state index in [1.807, 2.05) is 50.5 Å². The Hall–Kier alpha value is -3.61. The van der Waals surface area contributed by atoms with E-state index < -0.39 is 0 Å². The number of aromatic amines is 1. The Morgan fingerprint density at radius 1 is 1.15 bits per heavy atom. The molecule has 4 rings (SSSR count). The Morgan fingerprint density at radius 3 is 2.69 bits per heavy atom. The van der Waals surface area contributed by atoms with Crippen LogP contribution in [0.1, 0.15) is 16.2 Å². The van der Waals surface area contributed by atoms with Crippen LogP contribution < -0.4 is 5.32 Å². The lowest BCUT2D eigenvalue weighted by atomic mass is 10.1. The number of hydrogen-bond acceptors (Lipinski definition) is 4. The van der Waals surface area contributed by atoms with Crippen molar-refractivity contribution in [1.29, 1.82) is 0 Å². The van der Waals surface area contributed by atoms with Crippen LogP contribution >= 0.6 is 0 Å². The Kier molecular flexibility index (Phi) is 3.89. The minimum Gasteiger partial charge on any atom is -0.451 e. The van der Waals surface area contributed by atoms with Crippen molar-refractivity contribution < 1.29 is 9.21 Å². The molecular formula is C19H17N5O2. The molecule has 0 aliphatic rings. The van der Waals surface area contributed by atoms with Crippen molar-refractivity contribution in [2.75, 3.05) is 5.32 Å². The van der Waals surface area contributed by atoms with Gasteiger partial charge in [-0.25, -0.2) is 0 Å². The molecule has 7 nitrogen and oxygen atoms in total. The van der Waals surface area contributed by atoms with Crippen LogP contribution in [0.3, 0.4) is 0 Å². The predicted molar refractivity (Wildman–Crippen MR) is 97.6 cm³/mol. The third-order valence-corrected chi connectivity index (χ3v) is 4.06. The topological polar surface area (TPSA) is 88.7 Å². The van der Waals surface area contributed by atoms with Gasteiger partial charge in [-0.3, -0.25) is 14.6 Å². The van der Waals surface area contributed by atoms with Crippen LogP contribution in [-0.2, 0) is 7.05 Å². The van der Waals surface area contributed by atoms with Gasteiger partial charge in [0.05, 0.1) is 11.8 Å². The number of amides is 1. The smallest absolute Gasteiger partial charge is 0.292 e. The predicted octanol–water partition coefficient (Wildman–Crippen LogP) is 3.63. The number of nitrogens with one attached hydrogen (secondary N) is 2. The van der Waals surface area contributed by atoms with Gasteiger partial charge >= 0.3 is 0 Å². The molecule has 0 saturated carbocycles. The maximum absolute atomic E-state index is 12.6. The van der Waals surface area contributed by atoms with Crippen molar-refractivity contribution in [1.82, 2.24) is 20.0 Å². The van der Waals surface area contributed by atoms with Gasteiger partial charge in [0.15, 0.2) is 11.6 Å². The first kappa shape index (κ1) is 15.9.